The van der Waals surface area contributed by atoms with Gasteiger partial charge in [0.05, 0.1) is 5.57 Å². The molecule has 1 atom stereocenters. The number of aliphatic hydroxyl groups excluding tert-OH is 1. The van der Waals surface area contributed by atoms with Gasteiger partial charge < -0.3 is 18.7 Å². The summed E-state index contributed by atoms with van der Waals surface area (Å²) in [5, 5.41) is 11.4. The summed E-state index contributed by atoms with van der Waals surface area (Å²) >= 11 is 3.35. The number of carbonyl (C=O) groups excluding carboxylic acids is 2. The van der Waals surface area contributed by atoms with E-state index in [-0.39, 0.29) is 22.8 Å². The smallest absolute Gasteiger partial charge is 0.503 e. The number of anilines is 1. The molecule has 0 bridgehead atoms. The van der Waals surface area contributed by atoms with Gasteiger partial charge in [-0.05, 0) is 67.6 Å². The van der Waals surface area contributed by atoms with Crippen LogP contribution in [0, 0.1) is 6.92 Å². The van der Waals surface area contributed by atoms with Crippen LogP contribution in [0.4, 0.5) is 18.9 Å². The Morgan fingerprint density at radius 2 is 1.78 bits per heavy atom. The lowest BCUT2D eigenvalue weighted by Crippen LogP contribution is -2.30. The van der Waals surface area contributed by atoms with Crippen molar-refractivity contribution < 1.29 is 41.4 Å². The second-order valence-corrected chi connectivity index (χ2v) is 8.87. The summed E-state index contributed by atoms with van der Waals surface area (Å²) in [5.74, 6) is -2.45. The number of hydrogen-bond donors (Lipinski definition) is 1. The number of alkyl halides is 3. The maximum atomic E-state index is 13.5. The average molecular weight is 562 g/mol. The molecule has 0 aliphatic carbocycles. The highest BCUT2D eigenvalue weighted by Gasteiger charge is 2.47. The van der Waals surface area contributed by atoms with Crippen molar-refractivity contribution in [3.05, 3.63) is 93.7 Å². The van der Waals surface area contributed by atoms with E-state index in [0.29, 0.717) is 16.7 Å². The zero-order valence-electron chi connectivity index (χ0n) is 18.3. The predicted octanol–water partition coefficient (Wildman–Crippen LogP) is 6.78. The van der Waals surface area contributed by atoms with E-state index in [2.05, 4.69) is 20.7 Å². The minimum absolute atomic E-state index is 0.108. The fourth-order valence-corrected chi connectivity index (χ4v) is 4.42. The summed E-state index contributed by atoms with van der Waals surface area (Å²) < 4.78 is 53.7. The summed E-state index contributed by atoms with van der Waals surface area (Å²) in [6, 6.07) is 13.1. The lowest BCUT2D eigenvalue weighted by atomic mass is 9.99. The summed E-state index contributed by atoms with van der Waals surface area (Å²) in [6.45, 7) is 1.66. The number of aliphatic hydroxyl groups is 1. The molecule has 0 spiro atoms. The SMILES string of the molecule is Cc1ccc(C2C(C(=O)c3cc4cc(Br)ccc4o3)=C(O)C(=O)N2c2ccc(OC(F)(F)F)cc2)o1. The second-order valence-electron chi connectivity index (χ2n) is 7.95. The molecule has 36 heavy (non-hydrogen) atoms. The summed E-state index contributed by atoms with van der Waals surface area (Å²) in [7, 11) is 0. The van der Waals surface area contributed by atoms with Gasteiger partial charge >= 0.3 is 6.36 Å². The number of aryl methyl sites for hydroxylation is 1. The number of furan rings is 2. The third kappa shape index (κ3) is 4.26. The molecule has 4 aromatic rings. The van der Waals surface area contributed by atoms with E-state index in [1.807, 2.05) is 0 Å². The molecule has 11 heteroatoms. The first-order valence-corrected chi connectivity index (χ1v) is 11.2. The fourth-order valence-electron chi connectivity index (χ4n) is 4.04. The molecule has 0 saturated carbocycles. The maximum absolute atomic E-state index is 13.5. The van der Waals surface area contributed by atoms with Crippen LogP contribution < -0.4 is 9.64 Å². The Balaban J connectivity index is 1.58. The average Bonchev–Trinajstić information content (AvgIpc) is 3.49. The van der Waals surface area contributed by atoms with Crippen molar-refractivity contribution in [3.63, 3.8) is 0 Å². The van der Waals surface area contributed by atoms with Crippen LogP contribution >= 0.6 is 15.9 Å². The molecule has 184 valence electrons. The van der Waals surface area contributed by atoms with E-state index in [1.54, 1.807) is 37.3 Å². The Morgan fingerprint density at radius 1 is 1.06 bits per heavy atom. The zero-order chi connectivity index (χ0) is 25.8. The van der Waals surface area contributed by atoms with Gasteiger partial charge in [-0.2, -0.15) is 0 Å². The number of ether oxygens (including phenoxy) is 1. The number of halogens is 4. The van der Waals surface area contributed by atoms with Gasteiger partial charge in [-0.25, -0.2) is 0 Å². The Hall–Kier alpha value is -3.99. The van der Waals surface area contributed by atoms with E-state index in [0.717, 1.165) is 21.5 Å². The second kappa shape index (κ2) is 8.59. The molecule has 3 heterocycles. The van der Waals surface area contributed by atoms with Crippen LogP contribution in [-0.4, -0.2) is 23.2 Å². The molecule has 7 nitrogen and oxygen atoms in total. The lowest BCUT2D eigenvalue weighted by Gasteiger charge is -2.25. The molecule has 5 rings (SSSR count). The van der Waals surface area contributed by atoms with Gasteiger partial charge in [0, 0.05) is 15.5 Å². The van der Waals surface area contributed by atoms with Gasteiger partial charge in [0.2, 0.25) is 5.78 Å². The number of fused-ring (bicyclic) bond motifs is 1. The molecular weight excluding hydrogens is 547 g/mol. The van der Waals surface area contributed by atoms with Crippen LogP contribution in [0.5, 0.6) is 5.75 Å². The quantitative estimate of drug-likeness (QED) is 0.270. The largest absolute Gasteiger partial charge is 0.573 e. The topological polar surface area (TPSA) is 93.1 Å². The first-order chi connectivity index (χ1) is 17.0. The van der Waals surface area contributed by atoms with Crippen molar-refractivity contribution in [2.24, 2.45) is 0 Å². The Morgan fingerprint density at radius 3 is 2.42 bits per heavy atom. The van der Waals surface area contributed by atoms with Gasteiger partial charge in [-0.1, -0.05) is 15.9 Å². The van der Waals surface area contributed by atoms with Crippen molar-refractivity contribution in [3.8, 4) is 5.75 Å². The van der Waals surface area contributed by atoms with Gasteiger partial charge in [-0.3, -0.25) is 14.5 Å². The van der Waals surface area contributed by atoms with Crippen LogP contribution in [0.15, 0.2) is 85.3 Å². The van der Waals surface area contributed by atoms with Crippen molar-refractivity contribution in [2.75, 3.05) is 4.90 Å². The highest BCUT2D eigenvalue weighted by Crippen LogP contribution is 2.43. The van der Waals surface area contributed by atoms with Gasteiger partial charge in [0.1, 0.15) is 28.9 Å². The van der Waals surface area contributed by atoms with Crippen LogP contribution in [0.25, 0.3) is 11.0 Å². The first kappa shape index (κ1) is 23.7. The first-order valence-electron chi connectivity index (χ1n) is 10.4. The van der Waals surface area contributed by atoms with Gasteiger partial charge in [-0.15, -0.1) is 13.2 Å². The normalized spacial score (nSPS) is 16.3. The summed E-state index contributed by atoms with van der Waals surface area (Å²) in [6.07, 6.45) is -4.89. The van der Waals surface area contributed by atoms with E-state index in [1.165, 1.54) is 18.2 Å². The number of Topliss-reactive ketones (excluding diaryl/α,β-unsaturated/α-hetero) is 1. The van der Waals surface area contributed by atoms with Crippen LogP contribution in [-0.2, 0) is 4.79 Å². The number of hydrogen-bond acceptors (Lipinski definition) is 6. The number of benzene rings is 2. The van der Waals surface area contributed by atoms with E-state index in [4.69, 9.17) is 8.83 Å². The highest BCUT2D eigenvalue weighted by atomic mass is 79.9. The number of carbonyl (C=O) groups is 2. The number of amides is 1. The molecule has 2 aromatic heterocycles. The third-order valence-electron chi connectivity index (χ3n) is 5.53. The Bertz CT molecular complexity index is 1530. The summed E-state index contributed by atoms with van der Waals surface area (Å²) in [5.41, 5.74) is 0.244. The molecule has 1 amide bonds. The minimum atomic E-state index is -4.89. The van der Waals surface area contributed by atoms with Gasteiger partial charge in [0.15, 0.2) is 11.5 Å². The van der Waals surface area contributed by atoms with Crippen LogP contribution in [0.1, 0.15) is 28.1 Å². The van der Waals surface area contributed by atoms with Crippen LogP contribution in [0.3, 0.4) is 0 Å². The van der Waals surface area contributed by atoms with E-state index < -0.39 is 35.6 Å². The van der Waals surface area contributed by atoms with Crippen molar-refractivity contribution in [1.29, 1.82) is 0 Å². The molecule has 1 unspecified atom stereocenters. The standard InChI is InChI=1S/C25H15BrF3NO6/c1-12-2-8-18(34-12)21-20(22(31)19-11-13-10-14(26)3-9-17(13)35-19)23(32)24(33)30(21)15-4-6-16(7-5-15)36-25(27,28)29/h2-11,21,32H,1H3. The van der Waals surface area contributed by atoms with Crippen molar-refractivity contribution in [2.45, 2.75) is 19.3 Å². The number of ketones is 1. The molecular formula is C25H15BrF3NO6. The predicted molar refractivity (Wildman–Crippen MR) is 125 cm³/mol. The lowest BCUT2D eigenvalue weighted by molar-refractivity contribution is -0.274. The monoisotopic (exact) mass is 561 g/mol. The molecule has 2 aromatic carbocycles. The third-order valence-corrected chi connectivity index (χ3v) is 6.03. The zero-order valence-corrected chi connectivity index (χ0v) is 19.9. The molecule has 0 radical (unpaired) electrons. The molecule has 0 saturated heterocycles. The molecule has 1 aliphatic heterocycles. The number of nitrogens with zero attached hydrogens (tertiary/aromatic N) is 1. The number of rotatable bonds is 5. The Kier molecular flexibility index (Phi) is 5.67. The maximum Gasteiger partial charge on any atom is 0.573 e. The van der Waals surface area contributed by atoms with E-state index >= 15 is 0 Å². The van der Waals surface area contributed by atoms with Gasteiger partial charge in [0.25, 0.3) is 5.91 Å². The highest BCUT2D eigenvalue weighted by molar-refractivity contribution is 9.10. The van der Waals surface area contributed by atoms with Crippen LogP contribution in [0.2, 0.25) is 0 Å². The molecule has 1 N–H and O–H groups in total. The Labute approximate surface area is 209 Å². The van der Waals surface area contributed by atoms with E-state index in [9.17, 15) is 27.9 Å². The molecule has 0 fully saturated rings. The van der Waals surface area contributed by atoms with Crippen molar-refractivity contribution >= 4 is 44.3 Å². The van der Waals surface area contributed by atoms with Crippen molar-refractivity contribution in [1.82, 2.24) is 0 Å². The molecule has 1 aliphatic rings. The minimum Gasteiger partial charge on any atom is -0.503 e. The summed E-state index contributed by atoms with van der Waals surface area (Å²) in [4.78, 5) is 27.8. The fraction of sp³-hybridized carbons (Fsp3) is 0.120.